The lowest BCUT2D eigenvalue weighted by Gasteiger charge is -2.05. The summed E-state index contributed by atoms with van der Waals surface area (Å²) in [6.45, 7) is 1.95. The van der Waals surface area contributed by atoms with Crippen LogP contribution in [-0.2, 0) is 0 Å². The van der Waals surface area contributed by atoms with Gasteiger partial charge in [-0.3, -0.25) is 4.57 Å². The molecule has 96 valence electrons. The van der Waals surface area contributed by atoms with Gasteiger partial charge in [0.2, 0.25) is 0 Å². The van der Waals surface area contributed by atoms with Gasteiger partial charge in [0.25, 0.3) is 0 Å². The van der Waals surface area contributed by atoms with Crippen molar-refractivity contribution in [2.45, 2.75) is 6.92 Å². The van der Waals surface area contributed by atoms with Crippen LogP contribution in [-0.4, -0.2) is 9.55 Å². The molecular formula is C14H10F2N2S. The first-order chi connectivity index (χ1) is 9.06. The first kappa shape index (κ1) is 12.0. The SMILES string of the molecule is Cc1cccc2c1[nH]c(=S)n2-c1cc(F)cc(F)c1. The third-order valence-electron chi connectivity index (χ3n) is 3.03. The molecule has 0 aliphatic rings. The van der Waals surface area contributed by atoms with Crippen molar-refractivity contribution in [3.05, 3.63) is 58.4 Å². The van der Waals surface area contributed by atoms with E-state index >= 15 is 0 Å². The fourth-order valence-corrected chi connectivity index (χ4v) is 2.50. The Morgan fingerprint density at radius 2 is 1.79 bits per heavy atom. The Balaban J connectivity index is 2.39. The second kappa shape index (κ2) is 4.28. The Labute approximate surface area is 113 Å². The molecule has 2 nitrogen and oxygen atoms in total. The maximum absolute atomic E-state index is 13.3. The van der Waals surface area contributed by atoms with Crippen molar-refractivity contribution in [3.63, 3.8) is 0 Å². The highest BCUT2D eigenvalue weighted by molar-refractivity contribution is 7.71. The number of benzene rings is 2. The second-order valence-electron chi connectivity index (χ2n) is 4.36. The molecule has 3 rings (SSSR count). The van der Waals surface area contributed by atoms with E-state index < -0.39 is 11.6 Å². The standard InChI is InChI=1S/C14H10F2N2S/c1-8-3-2-4-12-13(8)17-14(19)18(12)11-6-9(15)5-10(16)7-11/h2-7H,1H3,(H,17,19). The summed E-state index contributed by atoms with van der Waals surface area (Å²) in [5.41, 5.74) is 3.07. The molecule has 0 saturated heterocycles. The average molecular weight is 276 g/mol. The number of imidazole rings is 1. The Hall–Kier alpha value is -2.01. The van der Waals surface area contributed by atoms with Gasteiger partial charge in [0, 0.05) is 6.07 Å². The van der Waals surface area contributed by atoms with Gasteiger partial charge in [-0.2, -0.15) is 0 Å². The number of aromatic amines is 1. The fraction of sp³-hybridized carbons (Fsp3) is 0.0714. The number of nitrogens with one attached hydrogen (secondary N) is 1. The molecule has 0 saturated carbocycles. The highest BCUT2D eigenvalue weighted by Crippen LogP contribution is 2.23. The zero-order valence-corrected chi connectivity index (χ0v) is 10.9. The van der Waals surface area contributed by atoms with E-state index in [2.05, 4.69) is 4.98 Å². The summed E-state index contributed by atoms with van der Waals surface area (Å²) in [5, 5.41) is 0. The number of H-pyrrole nitrogens is 1. The molecule has 0 amide bonds. The number of fused-ring (bicyclic) bond motifs is 1. The van der Waals surface area contributed by atoms with E-state index in [-0.39, 0.29) is 0 Å². The van der Waals surface area contributed by atoms with E-state index in [1.54, 1.807) is 4.57 Å². The molecule has 0 radical (unpaired) electrons. The summed E-state index contributed by atoms with van der Waals surface area (Å²) in [4.78, 5) is 3.07. The Bertz CT molecular complexity index is 813. The van der Waals surface area contributed by atoms with E-state index in [1.165, 1.54) is 12.1 Å². The number of nitrogens with zero attached hydrogens (tertiary/aromatic N) is 1. The molecular weight excluding hydrogens is 266 g/mol. The summed E-state index contributed by atoms with van der Waals surface area (Å²) in [6.07, 6.45) is 0. The van der Waals surface area contributed by atoms with E-state index in [4.69, 9.17) is 12.2 Å². The van der Waals surface area contributed by atoms with Gasteiger partial charge in [0.1, 0.15) is 11.6 Å². The lowest BCUT2D eigenvalue weighted by molar-refractivity contribution is 0.581. The lowest BCUT2D eigenvalue weighted by Crippen LogP contribution is -1.96. The zero-order chi connectivity index (χ0) is 13.6. The molecule has 2 aromatic carbocycles. The van der Waals surface area contributed by atoms with Gasteiger partial charge in [-0.1, -0.05) is 12.1 Å². The predicted octanol–water partition coefficient (Wildman–Crippen LogP) is 4.27. The zero-order valence-electron chi connectivity index (χ0n) is 10.1. The van der Waals surface area contributed by atoms with Gasteiger partial charge in [-0.15, -0.1) is 0 Å². The minimum Gasteiger partial charge on any atom is -0.330 e. The molecule has 0 fully saturated rings. The molecule has 1 aromatic heterocycles. The molecule has 3 aromatic rings. The van der Waals surface area contributed by atoms with Crippen molar-refractivity contribution in [1.82, 2.24) is 9.55 Å². The Morgan fingerprint density at radius 3 is 2.47 bits per heavy atom. The topological polar surface area (TPSA) is 20.7 Å². The van der Waals surface area contributed by atoms with Crippen LogP contribution in [0.4, 0.5) is 8.78 Å². The van der Waals surface area contributed by atoms with Crippen molar-refractivity contribution in [2.75, 3.05) is 0 Å². The number of para-hydroxylation sites is 1. The van der Waals surface area contributed by atoms with Crippen molar-refractivity contribution in [3.8, 4) is 5.69 Å². The van der Waals surface area contributed by atoms with Crippen LogP contribution in [0.5, 0.6) is 0 Å². The highest BCUT2D eigenvalue weighted by Gasteiger charge is 2.10. The number of rotatable bonds is 1. The molecule has 0 spiro atoms. The van der Waals surface area contributed by atoms with Gasteiger partial charge < -0.3 is 4.98 Å². The average Bonchev–Trinajstić information content (AvgIpc) is 2.65. The number of aromatic nitrogens is 2. The third-order valence-corrected chi connectivity index (χ3v) is 3.32. The van der Waals surface area contributed by atoms with Gasteiger partial charge in [-0.05, 0) is 42.9 Å². The first-order valence-corrected chi connectivity index (χ1v) is 6.14. The summed E-state index contributed by atoms with van der Waals surface area (Å²) < 4.78 is 28.7. The Morgan fingerprint density at radius 1 is 1.11 bits per heavy atom. The molecule has 0 aliphatic heterocycles. The first-order valence-electron chi connectivity index (χ1n) is 5.73. The summed E-state index contributed by atoms with van der Waals surface area (Å²) in [6, 6.07) is 9.05. The molecule has 19 heavy (non-hydrogen) atoms. The third kappa shape index (κ3) is 1.96. The van der Waals surface area contributed by atoms with Crippen LogP contribution in [0.1, 0.15) is 5.56 Å². The molecule has 0 bridgehead atoms. The van der Waals surface area contributed by atoms with Crippen LogP contribution in [0.25, 0.3) is 16.7 Å². The minimum atomic E-state index is -0.626. The summed E-state index contributed by atoms with van der Waals surface area (Å²) in [7, 11) is 0. The van der Waals surface area contributed by atoms with Crippen LogP contribution < -0.4 is 0 Å². The number of hydrogen-bond acceptors (Lipinski definition) is 1. The number of aryl methyl sites for hydroxylation is 1. The van der Waals surface area contributed by atoms with E-state index in [9.17, 15) is 8.78 Å². The van der Waals surface area contributed by atoms with Crippen LogP contribution >= 0.6 is 12.2 Å². The molecule has 0 atom stereocenters. The lowest BCUT2D eigenvalue weighted by atomic mass is 10.2. The monoisotopic (exact) mass is 276 g/mol. The molecule has 1 heterocycles. The number of hydrogen-bond donors (Lipinski definition) is 1. The highest BCUT2D eigenvalue weighted by atomic mass is 32.1. The quantitative estimate of drug-likeness (QED) is 0.658. The fourth-order valence-electron chi connectivity index (χ4n) is 2.20. The number of halogens is 2. The van der Waals surface area contributed by atoms with Gasteiger partial charge >= 0.3 is 0 Å². The molecule has 5 heteroatoms. The van der Waals surface area contributed by atoms with E-state index in [0.29, 0.717) is 10.5 Å². The van der Waals surface area contributed by atoms with E-state index in [0.717, 1.165) is 22.7 Å². The molecule has 0 unspecified atom stereocenters. The van der Waals surface area contributed by atoms with Crippen molar-refractivity contribution < 1.29 is 8.78 Å². The summed E-state index contributed by atoms with van der Waals surface area (Å²) in [5.74, 6) is -1.25. The van der Waals surface area contributed by atoms with Gasteiger partial charge in [0.05, 0.1) is 16.7 Å². The normalized spacial score (nSPS) is 11.1. The van der Waals surface area contributed by atoms with Crippen molar-refractivity contribution >= 4 is 23.3 Å². The molecule has 1 N–H and O–H groups in total. The van der Waals surface area contributed by atoms with Crippen LogP contribution in [0, 0.1) is 23.3 Å². The van der Waals surface area contributed by atoms with Crippen molar-refractivity contribution in [2.24, 2.45) is 0 Å². The molecule has 0 aliphatic carbocycles. The second-order valence-corrected chi connectivity index (χ2v) is 4.75. The largest absolute Gasteiger partial charge is 0.330 e. The van der Waals surface area contributed by atoms with Gasteiger partial charge in [0.15, 0.2) is 4.77 Å². The van der Waals surface area contributed by atoms with Crippen molar-refractivity contribution in [1.29, 1.82) is 0 Å². The van der Waals surface area contributed by atoms with Gasteiger partial charge in [-0.25, -0.2) is 8.78 Å². The van der Waals surface area contributed by atoms with Crippen LogP contribution in [0.15, 0.2) is 36.4 Å². The Kier molecular flexibility index (Phi) is 2.71. The predicted molar refractivity (Wildman–Crippen MR) is 73.1 cm³/mol. The minimum absolute atomic E-state index is 0.374. The smallest absolute Gasteiger partial charge is 0.182 e. The van der Waals surface area contributed by atoms with Crippen LogP contribution in [0.2, 0.25) is 0 Å². The van der Waals surface area contributed by atoms with E-state index in [1.807, 2.05) is 25.1 Å². The summed E-state index contributed by atoms with van der Waals surface area (Å²) >= 11 is 5.24. The maximum Gasteiger partial charge on any atom is 0.182 e. The maximum atomic E-state index is 13.3. The van der Waals surface area contributed by atoms with Crippen LogP contribution in [0.3, 0.4) is 0 Å².